The summed E-state index contributed by atoms with van der Waals surface area (Å²) in [6.07, 6.45) is 2.09. The summed E-state index contributed by atoms with van der Waals surface area (Å²) < 4.78 is 5.98. The van der Waals surface area contributed by atoms with Crippen molar-refractivity contribution in [2.75, 3.05) is 31.7 Å². The largest absolute Gasteiger partial charge is 0.478 e. The molecule has 104 valence electrons. The molecule has 4 nitrogen and oxygen atoms in total. The molecule has 0 saturated carbocycles. The lowest BCUT2D eigenvalue weighted by Gasteiger charge is -2.34. The SMILES string of the molecule is COCC1CCN(c2ccc(Br)cc2C(=O)O)CC1. The van der Waals surface area contributed by atoms with E-state index in [0.717, 1.165) is 42.7 Å². The number of carboxylic acids is 1. The third-order valence-corrected chi connectivity index (χ3v) is 4.04. The van der Waals surface area contributed by atoms with Crippen molar-refractivity contribution in [1.82, 2.24) is 0 Å². The summed E-state index contributed by atoms with van der Waals surface area (Å²) >= 11 is 3.32. The molecule has 1 fully saturated rings. The van der Waals surface area contributed by atoms with Crippen LogP contribution in [0.15, 0.2) is 22.7 Å². The van der Waals surface area contributed by atoms with E-state index in [9.17, 15) is 9.90 Å². The minimum atomic E-state index is -0.879. The Hall–Kier alpha value is -1.07. The molecule has 1 aromatic rings. The second kappa shape index (κ2) is 6.39. The minimum absolute atomic E-state index is 0.361. The predicted octanol–water partition coefficient (Wildman–Crippen LogP) is 3.01. The monoisotopic (exact) mass is 327 g/mol. The summed E-state index contributed by atoms with van der Waals surface area (Å²) in [7, 11) is 1.73. The molecule has 1 aliphatic heterocycles. The summed E-state index contributed by atoms with van der Waals surface area (Å²) in [6, 6.07) is 5.44. The molecular weight excluding hydrogens is 310 g/mol. The van der Waals surface area contributed by atoms with Gasteiger partial charge in [-0.2, -0.15) is 0 Å². The van der Waals surface area contributed by atoms with Crippen molar-refractivity contribution in [3.8, 4) is 0 Å². The molecule has 0 bridgehead atoms. The number of aromatic carboxylic acids is 1. The first-order chi connectivity index (χ1) is 9.11. The number of carbonyl (C=O) groups is 1. The van der Waals surface area contributed by atoms with Crippen LogP contribution in [-0.4, -0.2) is 37.9 Å². The fourth-order valence-electron chi connectivity index (χ4n) is 2.53. The van der Waals surface area contributed by atoms with Gasteiger partial charge in [-0.15, -0.1) is 0 Å². The first kappa shape index (κ1) is 14.3. The van der Waals surface area contributed by atoms with Gasteiger partial charge in [-0.05, 0) is 37.0 Å². The van der Waals surface area contributed by atoms with E-state index in [-0.39, 0.29) is 0 Å². The number of hydrogen-bond acceptors (Lipinski definition) is 3. The summed E-state index contributed by atoms with van der Waals surface area (Å²) in [4.78, 5) is 13.5. The van der Waals surface area contributed by atoms with Gasteiger partial charge in [0.05, 0.1) is 11.3 Å². The Labute approximate surface area is 121 Å². The summed E-state index contributed by atoms with van der Waals surface area (Å²) in [5.74, 6) is -0.291. The lowest BCUT2D eigenvalue weighted by molar-refractivity contribution is 0.0697. The van der Waals surface area contributed by atoms with Gasteiger partial charge in [0, 0.05) is 31.3 Å². The first-order valence-corrected chi connectivity index (χ1v) is 7.18. The van der Waals surface area contributed by atoms with Crippen LogP contribution in [0.4, 0.5) is 5.69 Å². The number of piperidine rings is 1. The number of rotatable bonds is 4. The Morgan fingerprint density at radius 2 is 2.16 bits per heavy atom. The summed E-state index contributed by atoms with van der Waals surface area (Å²) in [5.41, 5.74) is 1.17. The zero-order chi connectivity index (χ0) is 13.8. The highest BCUT2D eigenvalue weighted by Crippen LogP contribution is 2.28. The van der Waals surface area contributed by atoms with Gasteiger partial charge in [-0.3, -0.25) is 0 Å². The van der Waals surface area contributed by atoms with Crippen molar-refractivity contribution in [2.24, 2.45) is 5.92 Å². The fraction of sp³-hybridized carbons (Fsp3) is 0.500. The van der Waals surface area contributed by atoms with Crippen LogP contribution in [0.3, 0.4) is 0 Å². The minimum Gasteiger partial charge on any atom is -0.478 e. The number of methoxy groups -OCH3 is 1. The smallest absolute Gasteiger partial charge is 0.337 e. The Kier molecular flexibility index (Phi) is 4.82. The summed E-state index contributed by atoms with van der Waals surface area (Å²) in [5, 5.41) is 9.29. The number of nitrogens with zero attached hydrogens (tertiary/aromatic N) is 1. The quantitative estimate of drug-likeness (QED) is 0.923. The van der Waals surface area contributed by atoms with Gasteiger partial charge in [0.25, 0.3) is 0 Å². The molecule has 2 rings (SSSR count). The van der Waals surface area contributed by atoms with Gasteiger partial charge in [0.1, 0.15) is 0 Å². The maximum atomic E-state index is 11.3. The third-order valence-electron chi connectivity index (χ3n) is 3.55. The van der Waals surface area contributed by atoms with E-state index >= 15 is 0 Å². The van der Waals surface area contributed by atoms with Crippen LogP contribution in [0.1, 0.15) is 23.2 Å². The number of hydrogen-bond donors (Lipinski definition) is 1. The topological polar surface area (TPSA) is 49.8 Å². The Morgan fingerprint density at radius 3 is 2.74 bits per heavy atom. The number of halogens is 1. The lowest BCUT2D eigenvalue weighted by atomic mass is 9.97. The molecule has 0 aromatic heterocycles. The van der Waals surface area contributed by atoms with Gasteiger partial charge in [0.15, 0.2) is 0 Å². The molecule has 0 unspecified atom stereocenters. The predicted molar refractivity (Wildman–Crippen MR) is 77.9 cm³/mol. The van der Waals surface area contributed by atoms with E-state index in [2.05, 4.69) is 20.8 Å². The van der Waals surface area contributed by atoms with E-state index in [1.165, 1.54) is 0 Å². The zero-order valence-corrected chi connectivity index (χ0v) is 12.5. The van der Waals surface area contributed by atoms with E-state index < -0.39 is 5.97 Å². The van der Waals surface area contributed by atoms with E-state index in [1.54, 1.807) is 13.2 Å². The van der Waals surface area contributed by atoms with Gasteiger partial charge in [-0.1, -0.05) is 15.9 Å². The molecule has 1 aromatic carbocycles. The molecule has 1 N–H and O–H groups in total. The van der Waals surface area contributed by atoms with Crippen molar-refractivity contribution in [3.63, 3.8) is 0 Å². The molecule has 0 aliphatic carbocycles. The highest BCUT2D eigenvalue weighted by atomic mass is 79.9. The van der Waals surface area contributed by atoms with Crippen LogP contribution in [0, 0.1) is 5.92 Å². The number of benzene rings is 1. The maximum Gasteiger partial charge on any atom is 0.337 e. The number of anilines is 1. The molecule has 1 aliphatic rings. The first-order valence-electron chi connectivity index (χ1n) is 6.38. The second-order valence-electron chi connectivity index (χ2n) is 4.85. The molecule has 1 saturated heterocycles. The van der Waals surface area contributed by atoms with Crippen LogP contribution < -0.4 is 4.90 Å². The third kappa shape index (κ3) is 3.48. The van der Waals surface area contributed by atoms with E-state index in [0.29, 0.717) is 11.5 Å². The van der Waals surface area contributed by atoms with Crippen molar-refractivity contribution >= 4 is 27.6 Å². The van der Waals surface area contributed by atoms with Gasteiger partial charge in [-0.25, -0.2) is 4.79 Å². The average Bonchev–Trinajstić information content (AvgIpc) is 2.40. The van der Waals surface area contributed by atoms with Gasteiger partial charge >= 0.3 is 5.97 Å². The van der Waals surface area contributed by atoms with Crippen LogP contribution in [-0.2, 0) is 4.74 Å². The zero-order valence-electron chi connectivity index (χ0n) is 10.9. The lowest BCUT2D eigenvalue weighted by Crippen LogP contribution is -2.35. The van der Waals surface area contributed by atoms with E-state index in [1.807, 2.05) is 12.1 Å². The van der Waals surface area contributed by atoms with Crippen LogP contribution in [0.2, 0.25) is 0 Å². The molecule has 5 heteroatoms. The molecule has 0 amide bonds. The highest BCUT2D eigenvalue weighted by Gasteiger charge is 2.22. The Bertz CT molecular complexity index is 456. The maximum absolute atomic E-state index is 11.3. The van der Waals surface area contributed by atoms with Crippen LogP contribution in [0.25, 0.3) is 0 Å². The fourth-order valence-corrected chi connectivity index (χ4v) is 2.89. The number of ether oxygens (including phenoxy) is 1. The normalized spacial score (nSPS) is 16.6. The number of carboxylic acid groups (broad SMARTS) is 1. The summed E-state index contributed by atoms with van der Waals surface area (Å²) in [6.45, 7) is 2.56. The molecule has 0 atom stereocenters. The van der Waals surface area contributed by atoms with Crippen molar-refractivity contribution < 1.29 is 14.6 Å². The molecule has 1 heterocycles. The Morgan fingerprint density at radius 1 is 1.47 bits per heavy atom. The molecule has 0 radical (unpaired) electrons. The highest BCUT2D eigenvalue weighted by molar-refractivity contribution is 9.10. The van der Waals surface area contributed by atoms with Crippen molar-refractivity contribution in [2.45, 2.75) is 12.8 Å². The molecule has 0 spiro atoms. The van der Waals surface area contributed by atoms with Gasteiger partial charge in [0.2, 0.25) is 0 Å². The molecular formula is C14H18BrNO3. The van der Waals surface area contributed by atoms with Crippen LogP contribution in [0.5, 0.6) is 0 Å². The van der Waals surface area contributed by atoms with E-state index in [4.69, 9.17) is 4.74 Å². The Balaban J connectivity index is 2.13. The standard InChI is InChI=1S/C14H18BrNO3/c1-19-9-10-4-6-16(7-5-10)13-3-2-11(15)8-12(13)14(17)18/h2-3,8,10H,4-7,9H2,1H3,(H,17,18). The van der Waals surface area contributed by atoms with Crippen molar-refractivity contribution in [3.05, 3.63) is 28.2 Å². The van der Waals surface area contributed by atoms with Crippen LogP contribution >= 0.6 is 15.9 Å². The van der Waals surface area contributed by atoms with Crippen molar-refractivity contribution in [1.29, 1.82) is 0 Å². The van der Waals surface area contributed by atoms with Gasteiger partial charge < -0.3 is 14.7 Å². The molecule has 19 heavy (non-hydrogen) atoms. The average molecular weight is 328 g/mol. The second-order valence-corrected chi connectivity index (χ2v) is 5.77.